The number of hydrogen-bond acceptors (Lipinski definition) is 2. The van der Waals surface area contributed by atoms with Gasteiger partial charge < -0.3 is 10.2 Å². The SMILES string of the molecule is C=C/C(=C\C(C)=C/O)c1ccc(O)cc1. The van der Waals surface area contributed by atoms with Crippen LogP contribution in [-0.4, -0.2) is 10.2 Å². The minimum absolute atomic E-state index is 0.233. The number of rotatable bonds is 3. The molecule has 0 aromatic heterocycles. The van der Waals surface area contributed by atoms with Crippen LogP contribution in [0.5, 0.6) is 5.75 Å². The Morgan fingerprint density at radius 3 is 2.33 bits per heavy atom. The van der Waals surface area contributed by atoms with Gasteiger partial charge in [-0.05, 0) is 41.8 Å². The molecule has 0 spiro atoms. The molecule has 0 saturated heterocycles. The Kier molecular flexibility index (Phi) is 3.75. The van der Waals surface area contributed by atoms with Gasteiger partial charge in [-0.25, -0.2) is 0 Å². The molecule has 0 heterocycles. The first kappa shape index (κ1) is 11.1. The number of aromatic hydroxyl groups is 1. The van der Waals surface area contributed by atoms with Crippen LogP contribution >= 0.6 is 0 Å². The van der Waals surface area contributed by atoms with E-state index in [2.05, 4.69) is 6.58 Å². The average molecular weight is 202 g/mol. The van der Waals surface area contributed by atoms with E-state index in [1.54, 1.807) is 37.3 Å². The second kappa shape index (κ2) is 5.05. The molecule has 15 heavy (non-hydrogen) atoms. The molecule has 0 radical (unpaired) electrons. The zero-order chi connectivity index (χ0) is 11.3. The maximum atomic E-state index is 9.14. The molecule has 0 unspecified atom stereocenters. The smallest absolute Gasteiger partial charge is 0.115 e. The molecule has 0 fully saturated rings. The third-order valence-electron chi connectivity index (χ3n) is 2.01. The summed E-state index contributed by atoms with van der Waals surface area (Å²) in [6, 6.07) is 6.83. The normalized spacial score (nSPS) is 12.6. The summed E-state index contributed by atoms with van der Waals surface area (Å²) < 4.78 is 0. The fourth-order valence-corrected chi connectivity index (χ4v) is 1.20. The summed E-state index contributed by atoms with van der Waals surface area (Å²) in [4.78, 5) is 0. The van der Waals surface area contributed by atoms with Crippen molar-refractivity contribution in [3.63, 3.8) is 0 Å². The van der Waals surface area contributed by atoms with Crippen LogP contribution in [0.15, 0.2) is 54.8 Å². The molecular formula is C13H14O2. The Balaban J connectivity index is 3.08. The van der Waals surface area contributed by atoms with Crippen LogP contribution in [0.1, 0.15) is 12.5 Å². The molecule has 0 bridgehead atoms. The zero-order valence-electron chi connectivity index (χ0n) is 8.64. The number of allylic oxidation sites excluding steroid dienone is 4. The van der Waals surface area contributed by atoms with E-state index >= 15 is 0 Å². The average Bonchev–Trinajstić information content (AvgIpc) is 2.27. The topological polar surface area (TPSA) is 40.5 Å². The Morgan fingerprint density at radius 2 is 1.87 bits per heavy atom. The lowest BCUT2D eigenvalue weighted by molar-refractivity contribution is 0.469. The van der Waals surface area contributed by atoms with Gasteiger partial charge in [0.05, 0.1) is 6.26 Å². The van der Waals surface area contributed by atoms with Gasteiger partial charge in [0.2, 0.25) is 0 Å². The monoisotopic (exact) mass is 202 g/mol. The maximum Gasteiger partial charge on any atom is 0.115 e. The largest absolute Gasteiger partial charge is 0.515 e. The molecule has 1 rings (SSSR count). The molecule has 78 valence electrons. The molecule has 0 atom stereocenters. The van der Waals surface area contributed by atoms with Gasteiger partial charge in [0.1, 0.15) is 5.75 Å². The van der Waals surface area contributed by atoms with E-state index in [4.69, 9.17) is 10.2 Å². The lowest BCUT2D eigenvalue weighted by atomic mass is 10.0. The number of hydrogen-bond donors (Lipinski definition) is 2. The highest BCUT2D eigenvalue weighted by atomic mass is 16.3. The molecule has 0 aliphatic heterocycles. The predicted octanol–water partition coefficient (Wildman–Crippen LogP) is 3.42. The summed E-state index contributed by atoms with van der Waals surface area (Å²) in [5.41, 5.74) is 2.60. The van der Waals surface area contributed by atoms with Gasteiger partial charge >= 0.3 is 0 Å². The van der Waals surface area contributed by atoms with Gasteiger partial charge in [-0.3, -0.25) is 0 Å². The van der Waals surface area contributed by atoms with Crippen LogP contribution in [0.3, 0.4) is 0 Å². The van der Waals surface area contributed by atoms with Crippen molar-refractivity contribution in [1.29, 1.82) is 0 Å². The molecule has 0 aliphatic carbocycles. The summed E-state index contributed by atoms with van der Waals surface area (Å²) >= 11 is 0. The van der Waals surface area contributed by atoms with Crippen LogP contribution in [0.25, 0.3) is 5.57 Å². The highest BCUT2D eigenvalue weighted by Crippen LogP contribution is 2.20. The molecule has 2 N–H and O–H groups in total. The fourth-order valence-electron chi connectivity index (χ4n) is 1.20. The van der Waals surface area contributed by atoms with Gasteiger partial charge in [-0.15, -0.1) is 0 Å². The van der Waals surface area contributed by atoms with Gasteiger partial charge in [-0.1, -0.05) is 24.8 Å². The molecule has 1 aromatic carbocycles. The molecule has 2 heteroatoms. The Bertz CT molecular complexity index is 397. The molecular weight excluding hydrogens is 188 g/mol. The van der Waals surface area contributed by atoms with E-state index in [-0.39, 0.29) is 5.75 Å². The van der Waals surface area contributed by atoms with E-state index in [0.717, 1.165) is 23.0 Å². The van der Waals surface area contributed by atoms with Gasteiger partial charge in [-0.2, -0.15) is 0 Å². The summed E-state index contributed by atoms with van der Waals surface area (Å²) in [5.74, 6) is 0.233. The first-order valence-corrected chi connectivity index (χ1v) is 4.62. The van der Waals surface area contributed by atoms with E-state index in [1.165, 1.54) is 0 Å². The first-order chi connectivity index (χ1) is 7.17. The molecule has 2 nitrogen and oxygen atoms in total. The van der Waals surface area contributed by atoms with Crippen LogP contribution < -0.4 is 0 Å². The minimum atomic E-state index is 0.233. The summed E-state index contributed by atoms with van der Waals surface area (Å²) in [5, 5.41) is 17.9. The van der Waals surface area contributed by atoms with Crippen molar-refractivity contribution < 1.29 is 10.2 Å². The van der Waals surface area contributed by atoms with E-state index in [0.29, 0.717) is 0 Å². The quantitative estimate of drug-likeness (QED) is 0.582. The predicted molar refractivity (Wildman–Crippen MR) is 62.7 cm³/mol. The van der Waals surface area contributed by atoms with Crippen LogP contribution in [-0.2, 0) is 0 Å². The Labute approximate surface area is 89.5 Å². The van der Waals surface area contributed by atoms with E-state index in [1.807, 2.05) is 6.08 Å². The summed E-state index contributed by atoms with van der Waals surface area (Å²) in [6.07, 6.45) is 4.57. The number of aliphatic hydroxyl groups is 1. The zero-order valence-corrected chi connectivity index (χ0v) is 8.64. The van der Waals surface area contributed by atoms with Crippen molar-refractivity contribution in [2.75, 3.05) is 0 Å². The van der Waals surface area contributed by atoms with Gasteiger partial charge in [0, 0.05) is 0 Å². The number of phenols is 1. The second-order valence-corrected chi connectivity index (χ2v) is 3.22. The van der Waals surface area contributed by atoms with E-state index < -0.39 is 0 Å². The Morgan fingerprint density at radius 1 is 1.27 bits per heavy atom. The molecule has 1 aromatic rings. The minimum Gasteiger partial charge on any atom is -0.515 e. The number of benzene rings is 1. The second-order valence-electron chi connectivity index (χ2n) is 3.22. The van der Waals surface area contributed by atoms with Crippen molar-refractivity contribution in [3.8, 4) is 5.75 Å². The third kappa shape index (κ3) is 3.02. The molecule has 0 amide bonds. The fraction of sp³-hybridized carbons (Fsp3) is 0.0769. The van der Waals surface area contributed by atoms with Gasteiger partial charge in [0.15, 0.2) is 0 Å². The van der Waals surface area contributed by atoms with Gasteiger partial charge in [0.25, 0.3) is 0 Å². The highest BCUT2D eigenvalue weighted by molar-refractivity contribution is 5.75. The van der Waals surface area contributed by atoms with Crippen LogP contribution in [0.2, 0.25) is 0 Å². The van der Waals surface area contributed by atoms with Crippen LogP contribution in [0, 0.1) is 0 Å². The number of phenolic OH excluding ortho intramolecular Hbond substituents is 1. The van der Waals surface area contributed by atoms with Crippen LogP contribution in [0.4, 0.5) is 0 Å². The third-order valence-corrected chi connectivity index (χ3v) is 2.01. The van der Waals surface area contributed by atoms with Crippen molar-refractivity contribution in [2.45, 2.75) is 6.92 Å². The molecule has 0 aliphatic rings. The lowest BCUT2D eigenvalue weighted by Gasteiger charge is -2.02. The van der Waals surface area contributed by atoms with Crippen molar-refractivity contribution in [3.05, 3.63) is 60.4 Å². The van der Waals surface area contributed by atoms with Crippen molar-refractivity contribution in [1.82, 2.24) is 0 Å². The standard InChI is InChI=1S/C13H14O2/c1-3-11(8-10(2)9-14)12-4-6-13(15)7-5-12/h3-9,14-15H,1H2,2H3/b10-9-,11-8+. The summed E-state index contributed by atoms with van der Waals surface area (Å²) in [6.45, 7) is 5.50. The number of aliphatic hydroxyl groups excluding tert-OH is 1. The molecule has 0 saturated carbocycles. The summed E-state index contributed by atoms with van der Waals surface area (Å²) in [7, 11) is 0. The van der Waals surface area contributed by atoms with Crippen molar-refractivity contribution in [2.24, 2.45) is 0 Å². The highest BCUT2D eigenvalue weighted by Gasteiger charge is 1.97. The first-order valence-electron chi connectivity index (χ1n) is 4.62. The van der Waals surface area contributed by atoms with Crippen molar-refractivity contribution >= 4 is 5.57 Å². The maximum absolute atomic E-state index is 9.14. The van der Waals surface area contributed by atoms with E-state index in [9.17, 15) is 0 Å². The Hall–Kier alpha value is -1.96. The lowest BCUT2D eigenvalue weighted by Crippen LogP contribution is -1.81.